The molecule has 1 saturated heterocycles. The van der Waals surface area contributed by atoms with E-state index < -0.39 is 30.8 Å². The Hall–Kier alpha value is -1.53. The molecule has 7 heteroatoms. The lowest BCUT2D eigenvalue weighted by molar-refractivity contribution is -0.166. The number of nitrogens with zero attached hydrogens (tertiary/aromatic N) is 2. The Kier molecular flexibility index (Phi) is 3.01. The minimum atomic E-state index is -2.80. The Morgan fingerprint density at radius 3 is 2.40 bits per heavy atom. The third-order valence-electron chi connectivity index (χ3n) is 2.06. The quantitative estimate of drug-likeness (QED) is 0.533. The van der Waals surface area contributed by atoms with Gasteiger partial charge in [0.05, 0.1) is 19.4 Å². The molecule has 0 unspecified atom stereocenters. The maximum absolute atomic E-state index is 12.4. The zero-order valence-corrected chi connectivity index (χ0v) is 8.17. The molecule has 1 fully saturated rings. The fourth-order valence-corrected chi connectivity index (χ4v) is 1.18. The van der Waals surface area contributed by atoms with Crippen LogP contribution in [0.4, 0.5) is 8.78 Å². The van der Waals surface area contributed by atoms with Gasteiger partial charge in [-0.25, -0.2) is 8.78 Å². The largest absolute Gasteiger partial charge is 0.329 e. The molecular formula is C8H11F2N3O2. The standard InChI is InChI=1S/C8H11F2N3O2/c1-6(14)12(5-11)2-7(15)13-3-8(9,10)4-13/h5,11H,2-4H2,1H3. The summed E-state index contributed by atoms with van der Waals surface area (Å²) in [4.78, 5) is 23.9. The van der Waals surface area contributed by atoms with Crippen LogP contribution in [0.5, 0.6) is 0 Å². The first-order valence-corrected chi connectivity index (χ1v) is 4.29. The Labute approximate surface area is 85.1 Å². The van der Waals surface area contributed by atoms with Crippen LogP contribution < -0.4 is 0 Å². The van der Waals surface area contributed by atoms with Crippen LogP contribution in [0.1, 0.15) is 6.92 Å². The van der Waals surface area contributed by atoms with Crippen molar-refractivity contribution in [3.8, 4) is 0 Å². The van der Waals surface area contributed by atoms with Crippen molar-refractivity contribution in [2.45, 2.75) is 12.8 Å². The smallest absolute Gasteiger partial charge is 0.282 e. The molecule has 0 atom stereocenters. The molecule has 0 bridgehead atoms. The van der Waals surface area contributed by atoms with Crippen molar-refractivity contribution in [1.82, 2.24) is 9.80 Å². The van der Waals surface area contributed by atoms with E-state index >= 15 is 0 Å². The summed E-state index contributed by atoms with van der Waals surface area (Å²) >= 11 is 0. The molecule has 1 aliphatic rings. The van der Waals surface area contributed by atoms with E-state index in [4.69, 9.17) is 5.41 Å². The van der Waals surface area contributed by atoms with E-state index in [1.165, 1.54) is 6.92 Å². The minimum Gasteiger partial charge on any atom is -0.329 e. The molecule has 0 radical (unpaired) electrons. The van der Waals surface area contributed by atoms with Gasteiger partial charge in [0.1, 0.15) is 6.54 Å². The first-order valence-electron chi connectivity index (χ1n) is 4.29. The summed E-state index contributed by atoms with van der Waals surface area (Å²) < 4.78 is 24.8. The van der Waals surface area contributed by atoms with Crippen LogP contribution in [0.3, 0.4) is 0 Å². The third kappa shape index (κ3) is 2.71. The number of carbonyl (C=O) groups excluding carboxylic acids is 2. The van der Waals surface area contributed by atoms with E-state index in [1.54, 1.807) is 0 Å². The van der Waals surface area contributed by atoms with E-state index in [0.29, 0.717) is 6.34 Å². The molecule has 1 aliphatic heterocycles. The molecule has 0 aromatic carbocycles. The number of amides is 2. The molecule has 0 aliphatic carbocycles. The third-order valence-corrected chi connectivity index (χ3v) is 2.06. The zero-order valence-electron chi connectivity index (χ0n) is 8.17. The predicted molar refractivity (Wildman–Crippen MR) is 47.7 cm³/mol. The zero-order chi connectivity index (χ0) is 11.6. The van der Waals surface area contributed by atoms with E-state index in [1.807, 2.05) is 0 Å². The maximum atomic E-state index is 12.4. The number of hydrogen-bond donors (Lipinski definition) is 1. The molecule has 2 amide bonds. The summed E-state index contributed by atoms with van der Waals surface area (Å²) in [5.41, 5.74) is 0. The summed E-state index contributed by atoms with van der Waals surface area (Å²) in [5, 5.41) is 6.84. The molecular weight excluding hydrogens is 208 g/mol. The van der Waals surface area contributed by atoms with Gasteiger partial charge < -0.3 is 4.90 Å². The summed E-state index contributed by atoms with van der Waals surface area (Å²) in [6, 6.07) is 0. The molecule has 84 valence electrons. The normalized spacial score (nSPS) is 17.9. The lowest BCUT2D eigenvalue weighted by Gasteiger charge is -2.39. The van der Waals surface area contributed by atoms with Gasteiger partial charge in [0, 0.05) is 6.92 Å². The number of likely N-dealkylation sites (tertiary alicyclic amines) is 1. The van der Waals surface area contributed by atoms with Crippen LogP contribution in [-0.2, 0) is 9.59 Å². The number of alkyl halides is 2. The molecule has 15 heavy (non-hydrogen) atoms. The molecule has 1 rings (SSSR count). The van der Waals surface area contributed by atoms with Crippen molar-refractivity contribution in [2.75, 3.05) is 19.6 Å². The van der Waals surface area contributed by atoms with Gasteiger partial charge in [-0.15, -0.1) is 0 Å². The average molecular weight is 219 g/mol. The second-order valence-electron chi connectivity index (χ2n) is 3.38. The Morgan fingerprint density at radius 2 is 2.07 bits per heavy atom. The Bertz CT molecular complexity index is 298. The molecule has 0 spiro atoms. The fraction of sp³-hybridized carbons (Fsp3) is 0.625. The van der Waals surface area contributed by atoms with Gasteiger partial charge in [-0.3, -0.25) is 19.9 Å². The van der Waals surface area contributed by atoms with Gasteiger partial charge >= 0.3 is 0 Å². The minimum absolute atomic E-state index is 0.352. The highest BCUT2D eigenvalue weighted by atomic mass is 19.3. The van der Waals surface area contributed by atoms with Gasteiger partial charge in [0.2, 0.25) is 11.8 Å². The first-order chi connectivity index (χ1) is 6.85. The molecule has 0 aromatic heterocycles. The number of nitrogens with one attached hydrogen (secondary N) is 1. The lowest BCUT2D eigenvalue weighted by Crippen LogP contribution is -2.60. The second kappa shape index (κ2) is 3.92. The Balaban J connectivity index is 2.43. The SMILES string of the molecule is CC(=O)N(C=N)CC(=O)N1CC(F)(F)C1. The lowest BCUT2D eigenvalue weighted by atomic mass is 10.1. The van der Waals surface area contributed by atoms with Crippen molar-refractivity contribution in [3.63, 3.8) is 0 Å². The van der Waals surface area contributed by atoms with Crippen molar-refractivity contribution in [2.24, 2.45) is 0 Å². The highest BCUT2D eigenvalue weighted by Gasteiger charge is 2.46. The van der Waals surface area contributed by atoms with Crippen LogP contribution in [0, 0.1) is 5.41 Å². The van der Waals surface area contributed by atoms with Crippen LogP contribution in [0.2, 0.25) is 0 Å². The molecule has 0 saturated carbocycles. The molecule has 5 nitrogen and oxygen atoms in total. The van der Waals surface area contributed by atoms with Gasteiger partial charge in [-0.2, -0.15) is 0 Å². The van der Waals surface area contributed by atoms with Gasteiger partial charge in [0.15, 0.2) is 0 Å². The van der Waals surface area contributed by atoms with Crippen molar-refractivity contribution >= 4 is 18.2 Å². The van der Waals surface area contributed by atoms with E-state index in [-0.39, 0.29) is 6.54 Å². The molecule has 1 N–H and O–H groups in total. The highest BCUT2D eigenvalue weighted by Crippen LogP contribution is 2.26. The second-order valence-corrected chi connectivity index (χ2v) is 3.38. The van der Waals surface area contributed by atoms with Crippen molar-refractivity contribution in [1.29, 1.82) is 5.41 Å². The molecule has 1 heterocycles. The monoisotopic (exact) mass is 219 g/mol. The van der Waals surface area contributed by atoms with Crippen LogP contribution in [0.25, 0.3) is 0 Å². The average Bonchev–Trinajstić information content (AvgIpc) is 2.09. The number of carbonyl (C=O) groups is 2. The first kappa shape index (κ1) is 11.5. The summed E-state index contributed by atoms with van der Waals surface area (Å²) in [5.74, 6) is -3.84. The predicted octanol–water partition coefficient (Wildman–Crippen LogP) is -0.0805. The Morgan fingerprint density at radius 1 is 1.53 bits per heavy atom. The summed E-state index contributed by atoms with van der Waals surface area (Å²) in [6.07, 6.45) is 0.707. The van der Waals surface area contributed by atoms with Gasteiger partial charge in [-0.1, -0.05) is 0 Å². The van der Waals surface area contributed by atoms with Crippen LogP contribution in [-0.4, -0.2) is 53.5 Å². The number of halogens is 2. The van der Waals surface area contributed by atoms with E-state index in [2.05, 4.69) is 0 Å². The van der Waals surface area contributed by atoms with Crippen LogP contribution in [0.15, 0.2) is 0 Å². The summed E-state index contributed by atoms with van der Waals surface area (Å²) in [6.45, 7) is -0.358. The molecule has 0 aromatic rings. The van der Waals surface area contributed by atoms with Gasteiger partial charge in [0.25, 0.3) is 5.92 Å². The highest BCUT2D eigenvalue weighted by molar-refractivity contribution is 5.91. The van der Waals surface area contributed by atoms with E-state index in [0.717, 1.165) is 9.80 Å². The van der Waals surface area contributed by atoms with Crippen LogP contribution >= 0.6 is 0 Å². The number of hydrogen-bond acceptors (Lipinski definition) is 3. The topological polar surface area (TPSA) is 64.5 Å². The van der Waals surface area contributed by atoms with Crippen molar-refractivity contribution < 1.29 is 18.4 Å². The fourth-order valence-electron chi connectivity index (χ4n) is 1.18. The summed E-state index contributed by atoms with van der Waals surface area (Å²) in [7, 11) is 0. The number of rotatable bonds is 3. The maximum Gasteiger partial charge on any atom is 0.282 e. The van der Waals surface area contributed by atoms with Crippen molar-refractivity contribution in [3.05, 3.63) is 0 Å². The van der Waals surface area contributed by atoms with Gasteiger partial charge in [-0.05, 0) is 0 Å². The van der Waals surface area contributed by atoms with E-state index in [9.17, 15) is 18.4 Å².